The molecule has 2 N–H and O–H groups in total. The smallest absolute Gasteiger partial charge is 0.0982 e. The predicted molar refractivity (Wildman–Crippen MR) is 72.5 cm³/mol. The number of fused-ring (bicyclic) bond motifs is 1. The third kappa shape index (κ3) is 1.87. The van der Waals surface area contributed by atoms with Crippen molar-refractivity contribution in [2.75, 3.05) is 20.1 Å². The van der Waals surface area contributed by atoms with Crippen LogP contribution in [0.2, 0.25) is 0 Å². The van der Waals surface area contributed by atoms with E-state index >= 15 is 0 Å². The van der Waals surface area contributed by atoms with Crippen molar-refractivity contribution < 1.29 is 5.11 Å². The number of likely N-dealkylation sites (N-methyl/N-ethyl adjacent to an activating group) is 1. The minimum atomic E-state index is -0.634. The Hall–Kier alpha value is -0.900. The number of aliphatic hydroxyl groups is 1. The quantitative estimate of drug-likeness (QED) is 0.784. The van der Waals surface area contributed by atoms with Gasteiger partial charge in [0, 0.05) is 12.6 Å². The number of β-amino-alcohol motifs (C(OH)–C–C–N with tert-alkyl or cyclic N) is 1. The summed E-state index contributed by atoms with van der Waals surface area (Å²) in [5.74, 6) is 0. The van der Waals surface area contributed by atoms with Gasteiger partial charge in [0.15, 0.2) is 0 Å². The van der Waals surface area contributed by atoms with Gasteiger partial charge in [-0.05, 0) is 44.5 Å². The van der Waals surface area contributed by atoms with E-state index < -0.39 is 5.60 Å². The van der Waals surface area contributed by atoms with Crippen LogP contribution in [0.3, 0.4) is 0 Å². The summed E-state index contributed by atoms with van der Waals surface area (Å²) in [4.78, 5) is 2.25. The molecule has 3 heteroatoms. The minimum absolute atomic E-state index is 0.0786. The monoisotopic (exact) mass is 246 g/mol. The summed E-state index contributed by atoms with van der Waals surface area (Å²) in [6.07, 6.45) is 1.91. The molecule has 0 aromatic heterocycles. The Morgan fingerprint density at radius 1 is 1.39 bits per heavy atom. The van der Waals surface area contributed by atoms with E-state index in [1.165, 1.54) is 11.1 Å². The first-order valence-corrected chi connectivity index (χ1v) is 6.84. The highest BCUT2D eigenvalue weighted by Gasteiger charge is 2.46. The van der Waals surface area contributed by atoms with E-state index in [2.05, 4.69) is 48.5 Å². The van der Waals surface area contributed by atoms with Crippen LogP contribution in [-0.4, -0.2) is 41.8 Å². The van der Waals surface area contributed by atoms with Crippen molar-refractivity contribution >= 4 is 0 Å². The van der Waals surface area contributed by atoms with Gasteiger partial charge >= 0.3 is 0 Å². The van der Waals surface area contributed by atoms with Crippen LogP contribution >= 0.6 is 0 Å². The number of likely N-dealkylation sites (tertiary alicyclic amines) is 1. The van der Waals surface area contributed by atoms with Crippen LogP contribution in [0.5, 0.6) is 0 Å². The largest absolute Gasteiger partial charge is 0.386 e. The van der Waals surface area contributed by atoms with Crippen molar-refractivity contribution in [2.24, 2.45) is 0 Å². The number of rotatable bonds is 1. The van der Waals surface area contributed by atoms with Gasteiger partial charge in [0.2, 0.25) is 0 Å². The van der Waals surface area contributed by atoms with E-state index in [0.29, 0.717) is 6.04 Å². The molecule has 0 bridgehead atoms. The second kappa shape index (κ2) is 4.34. The highest BCUT2D eigenvalue weighted by atomic mass is 16.3. The van der Waals surface area contributed by atoms with Crippen molar-refractivity contribution in [1.29, 1.82) is 0 Å². The van der Waals surface area contributed by atoms with Gasteiger partial charge in [-0.2, -0.15) is 0 Å². The molecular weight excluding hydrogens is 224 g/mol. The van der Waals surface area contributed by atoms with E-state index in [9.17, 15) is 5.11 Å². The summed E-state index contributed by atoms with van der Waals surface area (Å²) in [6.45, 7) is 3.90. The first-order chi connectivity index (χ1) is 8.60. The van der Waals surface area contributed by atoms with Crippen LogP contribution in [0.4, 0.5) is 0 Å². The fraction of sp³-hybridized carbons (Fsp3) is 0.600. The van der Waals surface area contributed by atoms with Crippen LogP contribution in [0.1, 0.15) is 30.5 Å². The van der Waals surface area contributed by atoms with Crippen LogP contribution in [0.15, 0.2) is 24.3 Å². The van der Waals surface area contributed by atoms with Crippen molar-refractivity contribution in [3.05, 3.63) is 35.4 Å². The van der Waals surface area contributed by atoms with Crippen molar-refractivity contribution in [3.8, 4) is 0 Å². The van der Waals surface area contributed by atoms with Gasteiger partial charge in [0.1, 0.15) is 0 Å². The third-order valence-corrected chi connectivity index (χ3v) is 4.57. The summed E-state index contributed by atoms with van der Waals surface area (Å²) in [5.41, 5.74) is 2.04. The van der Waals surface area contributed by atoms with Crippen molar-refractivity contribution in [3.63, 3.8) is 0 Å². The fourth-order valence-corrected chi connectivity index (χ4v) is 3.51. The molecule has 3 nitrogen and oxygen atoms in total. The lowest BCUT2D eigenvalue weighted by Gasteiger charge is -2.37. The summed E-state index contributed by atoms with van der Waals surface area (Å²) in [6, 6.07) is 9.04. The molecule has 3 atom stereocenters. The molecular formula is C15H22N2O. The Labute approximate surface area is 109 Å². The zero-order chi connectivity index (χ0) is 12.8. The number of hydrogen-bond donors (Lipinski definition) is 2. The van der Waals surface area contributed by atoms with Crippen LogP contribution < -0.4 is 5.32 Å². The number of nitrogens with one attached hydrogen (secondary N) is 1. The Morgan fingerprint density at radius 2 is 2.17 bits per heavy atom. The number of hydrogen-bond acceptors (Lipinski definition) is 3. The SMILES string of the molecule is CC1CC(O)(C2NCCc3ccccc32)CN1C. The zero-order valence-corrected chi connectivity index (χ0v) is 11.2. The van der Waals surface area contributed by atoms with E-state index in [1.54, 1.807) is 0 Å². The van der Waals surface area contributed by atoms with Crippen molar-refractivity contribution in [2.45, 2.75) is 37.5 Å². The Morgan fingerprint density at radius 3 is 2.89 bits per heavy atom. The minimum Gasteiger partial charge on any atom is -0.386 e. The topological polar surface area (TPSA) is 35.5 Å². The molecule has 0 aliphatic carbocycles. The first-order valence-electron chi connectivity index (χ1n) is 6.84. The van der Waals surface area contributed by atoms with E-state index in [0.717, 1.165) is 25.9 Å². The molecule has 1 fully saturated rings. The Kier molecular flexibility index (Phi) is 2.93. The lowest BCUT2D eigenvalue weighted by molar-refractivity contribution is 0.00920. The highest BCUT2D eigenvalue weighted by molar-refractivity contribution is 5.35. The maximum Gasteiger partial charge on any atom is 0.0982 e. The molecule has 2 aliphatic rings. The summed E-state index contributed by atoms with van der Waals surface area (Å²) < 4.78 is 0. The third-order valence-electron chi connectivity index (χ3n) is 4.57. The molecule has 1 saturated heterocycles. The van der Waals surface area contributed by atoms with Gasteiger partial charge in [-0.3, -0.25) is 0 Å². The van der Waals surface area contributed by atoms with Gasteiger partial charge < -0.3 is 15.3 Å². The molecule has 3 unspecified atom stereocenters. The molecule has 3 rings (SSSR count). The molecule has 2 aliphatic heterocycles. The summed E-state index contributed by atoms with van der Waals surface area (Å²) in [7, 11) is 2.09. The number of benzene rings is 1. The van der Waals surface area contributed by atoms with E-state index in [1.807, 2.05) is 0 Å². The summed E-state index contributed by atoms with van der Waals surface area (Å²) >= 11 is 0. The summed E-state index contributed by atoms with van der Waals surface area (Å²) in [5, 5.41) is 14.5. The van der Waals surface area contributed by atoms with Gasteiger partial charge in [0.25, 0.3) is 0 Å². The molecule has 0 amide bonds. The van der Waals surface area contributed by atoms with Gasteiger partial charge in [-0.25, -0.2) is 0 Å². The molecule has 1 aromatic carbocycles. The maximum atomic E-state index is 11.0. The van der Waals surface area contributed by atoms with Crippen LogP contribution in [0, 0.1) is 0 Å². The number of nitrogens with zero attached hydrogens (tertiary/aromatic N) is 1. The van der Waals surface area contributed by atoms with Gasteiger partial charge in [0.05, 0.1) is 11.6 Å². The molecule has 18 heavy (non-hydrogen) atoms. The zero-order valence-electron chi connectivity index (χ0n) is 11.2. The van der Waals surface area contributed by atoms with Crippen LogP contribution in [-0.2, 0) is 6.42 Å². The van der Waals surface area contributed by atoms with E-state index in [-0.39, 0.29) is 6.04 Å². The molecule has 1 aromatic rings. The maximum absolute atomic E-state index is 11.0. The lowest BCUT2D eigenvalue weighted by atomic mass is 9.82. The first kappa shape index (κ1) is 12.2. The molecule has 98 valence electrons. The second-order valence-corrected chi connectivity index (χ2v) is 5.91. The normalized spacial score (nSPS) is 36.6. The molecule has 0 spiro atoms. The lowest BCUT2D eigenvalue weighted by Crippen LogP contribution is -2.48. The molecule has 0 saturated carbocycles. The average molecular weight is 246 g/mol. The van der Waals surface area contributed by atoms with Crippen molar-refractivity contribution in [1.82, 2.24) is 10.2 Å². The molecule has 2 heterocycles. The molecule has 0 radical (unpaired) electrons. The fourth-order valence-electron chi connectivity index (χ4n) is 3.51. The van der Waals surface area contributed by atoms with Crippen LogP contribution in [0.25, 0.3) is 0 Å². The predicted octanol–water partition coefficient (Wildman–Crippen LogP) is 1.33. The average Bonchev–Trinajstić information content (AvgIpc) is 2.63. The highest BCUT2D eigenvalue weighted by Crippen LogP contribution is 2.39. The Balaban J connectivity index is 1.94. The second-order valence-electron chi connectivity index (χ2n) is 5.91. The van der Waals surface area contributed by atoms with Gasteiger partial charge in [-0.1, -0.05) is 24.3 Å². The van der Waals surface area contributed by atoms with E-state index in [4.69, 9.17) is 0 Å². The standard InChI is InChI=1S/C15H22N2O/c1-11-9-15(18,10-17(11)2)14-13-6-4-3-5-12(13)7-8-16-14/h3-6,11,14,16,18H,7-10H2,1-2H3. The van der Waals surface area contributed by atoms with Gasteiger partial charge in [-0.15, -0.1) is 0 Å². The Bertz CT molecular complexity index is 436.